The number of hydrogen-bond acceptors (Lipinski definition) is 3. The van der Waals surface area contributed by atoms with Crippen LogP contribution in [0.4, 0.5) is 0 Å². The van der Waals surface area contributed by atoms with Crippen molar-refractivity contribution in [3.8, 4) is 5.75 Å². The Balaban J connectivity index is 2.97. The molecule has 1 rings (SSSR count). The van der Waals surface area contributed by atoms with Crippen LogP contribution in [0.2, 0.25) is 0 Å². The van der Waals surface area contributed by atoms with Gasteiger partial charge in [0.25, 0.3) is 0 Å². The van der Waals surface area contributed by atoms with Crippen molar-refractivity contribution in [3.05, 3.63) is 36.4 Å². The third kappa shape index (κ3) is 3.07. The summed E-state index contributed by atoms with van der Waals surface area (Å²) < 4.78 is 25.6. The van der Waals surface area contributed by atoms with Gasteiger partial charge in [0.1, 0.15) is 10.6 Å². The molecule has 1 aromatic rings. The van der Waals surface area contributed by atoms with Crippen LogP contribution in [0.3, 0.4) is 0 Å². The summed E-state index contributed by atoms with van der Waals surface area (Å²) in [4.78, 5) is -0.119. The maximum absolute atomic E-state index is 11.6. The van der Waals surface area contributed by atoms with Gasteiger partial charge in [0.15, 0.2) is 0 Å². The fourth-order valence-electron chi connectivity index (χ4n) is 0.980. The number of phenols is 1. The van der Waals surface area contributed by atoms with Gasteiger partial charge in [0, 0.05) is 6.54 Å². The van der Waals surface area contributed by atoms with Crippen LogP contribution in [-0.2, 0) is 10.0 Å². The second kappa shape index (κ2) is 4.46. The molecule has 0 saturated heterocycles. The Morgan fingerprint density at radius 2 is 2.07 bits per heavy atom. The van der Waals surface area contributed by atoms with Gasteiger partial charge >= 0.3 is 0 Å². The fraction of sp³-hybridized carbons (Fsp3) is 0.200. The molecule has 0 heterocycles. The quantitative estimate of drug-likeness (QED) is 0.761. The van der Waals surface area contributed by atoms with Crippen LogP contribution in [0, 0.1) is 0 Å². The fourth-order valence-corrected chi connectivity index (χ4v) is 2.17. The van der Waals surface area contributed by atoms with Crippen molar-refractivity contribution in [1.82, 2.24) is 4.72 Å². The predicted molar refractivity (Wildman–Crippen MR) is 58.1 cm³/mol. The average molecular weight is 227 g/mol. The molecular weight excluding hydrogens is 214 g/mol. The monoisotopic (exact) mass is 227 g/mol. The van der Waals surface area contributed by atoms with Crippen LogP contribution in [0.15, 0.2) is 41.3 Å². The van der Waals surface area contributed by atoms with E-state index in [1.54, 1.807) is 19.1 Å². The Morgan fingerprint density at radius 3 is 2.60 bits per heavy atom. The summed E-state index contributed by atoms with van der Waals surface area (Å²) in [6.07, 6.45) is 0. The first-order chi connectivity index (χ1) is 6.93. The molecule has 0 aliphatic carbocycles. The minimum Gasteiger partial charge on any atom is -0.507 e. The molecule has 1 aromatic carbocycles. The first-order valence-corrected chi connectivity index (χ1v) is 5.84. The van der Waals surface area contributed by atoms with Crippen molar-refractivity contribution in [2.45, 2.75) is 11.8 Å². The van der Waals surface area contributed by atoms with Crippen LogP contribution >= 0.6 is 0 Å². The molecule has 5 heteroatoms. The third-order valence-electron chi connectivity index (χ3n) is 1.72. The zero-order valence-electron chi connectivity index (χ0n) is 8.40. The maximum Gasteiger partial charge on any atom is 0.244 e. The molecule has 4 nitrogen and oxygen atoms in total. The normalized spacial score (nSPS) is 11.3. The lowest BCUT2D eigenvalue weighted by Gasteiger charge is -2.07. The van der Waals surface area contributed by atoms with E-state index in [2.05, 4.69) is 11.3 Å². The van der Waals surface area contributed by atoms with Gasteiger partial charge in [-0.2, -0.15) is 0 Å². The molecule has 0 aliphatic rings. The lowest BCUT2D eigenvalue weighted by Crippen LogP contribution is -2.25. The number of benzene rings is 1. The van der Waals surface area contributed by atoms with Crippen molar-refractivity contribution in [2.24, 2.45) is 0 Å². The molecule has 0 unspecified atom stereocenters. The van der Waals surface area contributed by atoms with E-state index in [4.69, 9.17) is 0 Å². The van der Waals surface area contributed by atoms with Crippen molar-refractivity contribution in [1.29, 1.82) is 0 Å². The van der Waals surface area contributed by atoms with E-state index < -0.39 is 10.0 Å². The summed E-state index contributed by atoms with van der Waals surface area (Å²) in [6.45, 7) is 5.46. The van der Waals surface area contributed by atoms with Crippen LogP contribution in [0.1, 0.15) is 6.92 Å². The molecule has 0 fully saturated rings. The van der Waals surface area contributed by atoms with Gasteiger partial charge < -0.3 is 5.11 Å². The number of nitrogens with one attached hydrogen (secondary N) is 1. The molecule has 0 spiro atoms. The van der Waals surface area contributed by atoms with Gasteiger partial charge in [-0.1, -0.05) is 24.3 Å². The highest BCUT2D eigenvalue weighted by Crippen LogP contribution is 2.20. The van der Waals surface area contributed by atoms with Gasteiger partial charge in [-0.05, 0) is 19.1 Å². The van der Waals surface area contributed by atoms with Crippen LogP contribution < -0.4 is 4.72 Å². The third-order valence-corrected chi connectivity index (χ3v) is 3.17. The number of para-hydroxylation sites is 1. The Hall–Kier alpha value is -1.33. The SMILES string of the molecule is C=C(C)CNS(=O)(=O)c1ccccc1O. The number of phenolic OH excluding ortho intramolecular Hbond substituents is 1. The first-order valence-electron chi connectivity index (χ1n) is 4.35. The van der Waals surface area contributed by atoms with E-state index in [9.17, 15) is 13.5 Å². The smallest absolute Gasteiger partial charge is 0.244 e. The lowest BCUT2D eigenvalue weighted by molar-refractivity contribution is 0.458. The van der Waals surface area contributed by atoms with E-state index in [1.165, 1.54) is 12.1 Å². The predicted octanol–water partition coefficient (Wildman–Crippen LogP) is 1.25. The second-order valence-corrected chi connectivity index (χ2v) is 4.98. The highest BCUT2D eigenvalue weighted by molar-refractivity contribution is 7.89. The molecule has 0 bridgehead atoms. The minimum absolute atomic E-state index is 0.119. The zero-order valence-corrected chi connectivity index (χ0v) is 9.21. The van der Waals surface area contributed by atoms with Gasteiger partial charge in [-0.25, -0.2) is 13.1 Å². The van der Waals surface area contributed by atoms with Gasteiger partial charge in [0.2, 0.25) is 10.0 Å². The van der Waals surface area contributed by atoms with E-state index in [0.717, 1.165) is 0 Å². The van der Waals surface area contributed by atoms with Crippen molar-refractivity contribution < 1.29 is 13.5 Å². The summed E-state index contributed by atoms with van der Waals surface area (Å²) in [5, 5.41) is 9.37. The molecule has 15 heavy (non-hydrogen) atoms. The highest BCUT2D eigenvalue weighted by Gasteiger charge is 2.16. The van der Waals surface area contributed by atoms with Crippen LogP contribution in [-0.4, -0.2) is 20.1 Å². The van der Waals surface area contributed by atoms with E-state index in [-0.39, 0.29) is 17.2 Å². The number of rotatable bonds is 4. The molecule has 2 N–H and O–H groups in total. The molecule has 0 saturated carbocycles. The lowest BCUT2D eigenvalue weighted by atomic mass is 10.3. The van der Waals surface area contributed by atoms with Crippen molar-refractivity contribution >= 4 is 10.0 Å². The van der Waals surface area contributed by atoms with Crippen LogP contribution in [0.5, 0.6) is 5.75 Å². The van der Waals surface area contributed by atoms with E-state index in [1.807, 2.05) is 0 Å². The summed E-state index contributed by atoms with van der Waals surface area (Å²) in [5.41, 5.74) is 0.703. The maximum atomic E-state index is 11.6. The van der Waals surface area contributed by atoms with Gasteiger partial charge in [0.05, 0.1) is 0 Å². The zero-order chi connectivity index (χ0) is 11.5. The Bertz CT molecular complexity index is 465. The van der Waals surface area contributed by atoms with Crippen LogP contribution in [0.25, 0.3) is 0 Å². The Kier molecular flexibility index (Phi) is 3.49. The number of aromatic hydroxyl groups is 1. The molecular formula is C10H13NO3S. The standard InChI is InChI=1S/C10H13NO3S/c1-8(2)7-11-15(13,14)10-6-4-3-5-9(10)12/h3-6,11-12H,1,7H2,2H3. The molecule has 0 radical (unpaired) electrons. The van der Waals surface area contributed by atoms with Gasteiger partial charge in [-0.3, -0.25) is 0 Å². The topological polar surface area (TPSA) is 66.4 Å². The summed E-state index contributed by atoms with van der Waals surface area (Å²) in [7, 11) is -3.65. The number of hydrogen-bond donors (Lipinski definition) is 2. The first kappa shape index (κ1) is 11.7. The Morgan fingerprint density at radius 1 is 1.47 bits per heavy atom. The van der Waals surface area contributed by atoms with E-state index in [0.29, 0.717) is 5.57 Å². The summed E-state index contributed by atoms with van der Waals surface area (Å²) in [6, 6.07) is 5.79. The summed E-state index contributed by atoms with van der Waals surface area (Å²) >= 11 is 0. The van der Waals surface area contributed by atoms with Gasteiger partial charge in [-0.15, -0.1) is 0 Å². The number of sulfonamides is 1. The largest absolute Gasteiger partial charge is 0.507 e. The molecule has 82 valence electrons. The molecule has 0 amide bonds. The Labute approximate surface area is 89.3 Å². The summed E-state index contributed by atoms with van der Waals surface area (Å²) in [5.74, 6) is -0.258. The molecule has 0 aliphatic heterocycles. The van der Waals surface area contributed by atoms with E-state index >= 15 is 0 Å². The molecule has 0 aromatic heterocycles. The molecule has 0 atom stereocenters. The van der Waals surface area contributed by atoms with Crippen molar-refractivity contribution in [2.75, 3.05) is 6.54 Å². The second-order valence-electron chi connectivity index (χ2n) is 3.25. The highest BCUT2D eigenvalue weighted by atomic mass is 32.2. The average Bonchev–Trinajstić information content (AvgIpc) is 2.15. The minimum atomic E-state index is -3.65. The van der Waals surface area contributed by atoms with Crippen molar-refractivity contribution in [3.63, 3.8) is 0 Å².